The van der Waals surface area contributed by atoms with Crippen molar-refractivity contribution in [3.8, 4) is 6.07 Å². The molecule has 1 N–H and O–H groups in total. The van der Waals surface area contributed by atoms with Gasteiger partial charge in [-0.3, -0.25) is 4.79 Å². The van der Waals surface area contributed by atoms with Crippen molar-refractivity contribution in [3.05, 3.63) is 34.3 Å². The molecule has 0 unspecified atom stereocenters. The summed E-state index contributed by atoms with van der Waals surface area (Å²) in [5.74, 6) is -1.52. The third-order valence-corrected chi connectivity index (χ3v) is 5.63. The first-order valence-corrected chi connectivity index (χ1v) is 8.97. The first-order valence-electron chi connectivity index (χ1n) is 8.59. The molecule has 1 heterocycles. The Morgan fingerprint density at radius 2 is 1.92 bits per heavy atom. The summed E-state index contributed by atoms with van der Waals surface area (Å²) in [6, 6.07) is 6.68. The van der Waals surface area contributed by atoms with Crippen molar-refractivity contribution in [2.75, 3.05) is 13.1 Å². The number of carbonyl (C=O) groups is 1. The zero-order chi connectivity index (χ0) is 18.9. The minimum absolute atomic E-state index is 0.0188. The van der Waals surface area contributed by atoms with Crippen molar-refractivity contribution in [3.63, 3.8) is 0 Å². The fraction of sp³-hybridized carbons (Fsp3) is 0.556. The van der Waals surface area contributed by atoms with Crippen molar-refractivity contribution >= 4 is 17.5 Å². The van der Waals surface area contributed by atoms with Gasteiger partial charge in [0.15, 0.2) is 0 Å². The lowest BCUT2D eigenvalue weighted by molar-refractivity contribution is -0.187. The third-order valence-electron chi connectivity index (χ3n) is 5.30. The topological polar surface area (TPSA) is 56.1 Å². The Balaban J connectivity index is 1.48. The number of halogens is 4. The Hall–Kier alpha value is -1.78. The number of nitriles is 1. The van der Waals surface area contributed by atoms with Crippen LogP contribution in [0.4, 0.5) is 13.2 Å². The molecule has 1 aliphatic carbocycles. The molecule has 8 heteroatoms. The highest BCUT2D eigenvalue weighted by molar-refractivity contribution is 6.33. The van der Waals surface area contributed by atoms with Crippen LogP contribution in [-0.4, -0.2) is 42.2 Å². The molecule has 1 aromatic carbocycles. The molecule has 1 saturated carbocycles. The van der Waals surface area contributed by atoms with E-state index in [2.05, 4.69) is 10.2 Å². The predicted molar refractivity (Wildman–Crippen MR) is 90.8 cm³/mol. The molecule has 0 aromatic heterocycles. The molecule has 0 atom stereocenters. The van der Waals surface area contributed by atoms with Gasteiger partial charge in [-0.1, -0.05) is 11.6 Å². The van der Waals surface area contributed by atoms with Gasteiger partial charge in [0.25, 0.3) is 5.91 Å². The second kappa shape index (κ2) is 7.45. The number of alkyl halides is 3. The first-order chi connectivity index (χ1) is 12.3. The highest BCUT2D eigenvalue weighted by Gasteiger charge is 2.43. The number of benzene rings is 1. The third kappa shape index (κ3) is 4.13. The molecule has 0 spiro atoms. The average molecular weight is 386 g/mol. The lowest BCUT2D eigenvalue weighted by atomic mass is 9.83. The van der Waals surface area contributed by atoms with Gasteiger partial charge in [0, 0.05) is 12.1 Å². The summed E-state index contributed by atoms with van der Waals surface area (Å²) >= 11 is 6.02. The summed E-state index contributed by atoms with van der Waals surface area (Å²) in [5.41, 5.74) is 0.624. The zero-order valence-corrected chi connectivity index (χ0v) is 14.8. The van der Waals surface area contributed by atoms with E-state index in [1.54, 1.807) is 6.07 Å². The molecule has 140 valence electrons. The largest absolute Gasteiger partial charge is 0.391 e. The number of piperidine rings is 1. The highest BCUT2D eigenvalue weighted by atomic mass is 35.5. The fourth-order valence-electron chi connectivity index (χ4n) is 3.63. The van der Waals surface area contributed by atoms with E-state index in [1.165, 1.54) is 12.1 Å². The Bertz CT molecular complexity index is 717. The Labute approximate surface area is 154 Å². The van der Waals surface area contributed by atoms with Crippen LogP contribution in [0.3, 0.4) is 0 Å². The van der Waals surface area contributed by atoms with Crippen LogP contribution in [0.15, 0.2) is 18.2 Å². The molecular weight excluding hydrogens is 367 g/mol. The van der Waals surface area contributed by atoms with Gasteiger partial charge in [0.1, 0.15) is 0 Å². The molecule has 2 aliphatic rings. The predicted octanol–water partition coefficient (Wildman–Crippen LogP) is 3.75. The molecule has 0 bridgehead atoms. The van der Waals surface area contributed by atoms with Crippen molar-refractivity contribution in [1.29, 1.82) is 5.26 Å². The van der Waals surface area contributed by atoms with Crippen LogP contribution >= 0.6 is 11.6 Å². The molecule has 0 radical (unpaired) electrons. The SMILES string of the molecule is N#Cc1ccc(Cl)c(C(=O)NC2CC(N3CCC(C(F)(F)F)CC3)C2)c1. The van der Waals surface area contributed by atoms with Crippen LogP contribution in [0.2, 0.25) is 5.02 Å². The molecule has 26 heavy (non-hydrogen) atoms. The van der Waals surface area contributed by atoms with E-state index < -0.39 is 12.1 Å². The molecule has 1 aromatic rings. The maximum absolute atomic E-state index is 12.7. The molecule has 4 nitrogen and oxygen atoms in total. The van der Waals surface area contributed by atoms with E-state index in [0.29, 0.717) is 18.7 Å². The summed E-state index contributed by atoms with van der Waals surface area (Å²) in [6.45, 7) is 0.900. The van der Waals surface area contributed by atoms with Crippen molar-refractivity contribution in [2.24, 2.45) is 5.92 Å². The Morgan fingerprint density at radius 3 is 2.50 bits per heavy atom. The van der Waals surface area contributed by atoms with Crippen LogP contribution in [0, 0.1) is 17.2 Å². The van der Waals surface area contributed by atoms with E-state index in [0.717, 1.165) is 12.8 Å². The van der Waals surface area contributed by atoms with E-state index in [1.807, 2.05) is 6.07 Å². The minimum Gasteiger partial charge on any atom is -0.349 e. The molecular formula is C18H19ClF3N3O. The van der Waals surface area contributed by atoms with Crippen LogP contribution in [-0.2, 0) is 0 Å². The molecule has 1 amide bonds. The number of carbonyl (C=O) groups excluding carboxylic acids is 1. The van der Waals surface area contributed by atoms with Crippen LogP contribution < -0.4 is 5.32 Å². The van der Waals surface area contributed by atoms with Gasteiger partial charge >= 0.3 is 6.18 Å². The van der Waals surface area contributed by atoms with Gasteiger partial charge in [-0.05, 0) is 57.0 Å². The van der Waals surface area contributed by atoms with Gasteiger partial charge in [-0.2, -0.15) is 18.4 Å². The number of rotatable bonds is 3. The number of nitrogens with zero attached hydrogens (tertiary/aromatic N) is 2. The Morgan fingerprint density at radius 1 is 1.27 bits per heavy atom. The molecule has 1 aliphatic heterocycles. The normalized spacial score (nSPS) is 24.6. The summed E-state index contributed by atoms with van der Waals surface area (Å²) in [4.78, 5) is 14.4. The number of likely N-dealkylation sites (tertiary alicyclic amines) is 1. The lowest BCUT2D eigenvalue weighted by Gasteiger charge is -2.46. The van der Waals surface area contributed by atoms with Gasteiger partial charge in [-0.15, -0.1) is 0 Å². The molecule has 3 rings (SSSR count). The minimum atomic E-state index is -4.10. The van der Waals surface area contributed by atoms with E-state index in [-0.39, 0.29) is 41.4 Å². The highest BCUT2D eigenvalue weighted by Crippen LogP contribution is 2.37. The number of nitrogens with one attached hydrogen (secondary N) is 1. The maximum Gasteiger partial charge on any atom is 0.391 e. The zero-order valence-electron chi connectivity index (χ0n) is 14.0. The van der Waals surface area contributed by atoms with Gasteiger partial charge in [-0.25, -0.2) is 0 Å². The van der Waals surface area contributed by atoms with Gasteiger partial charge < -0.3 is 10.2 Å². The average Bonchev–Trinajstić information content (AvgIpc) is 2.57. The number of hydrogen-bond acceptors (Lipinski definition) is 3. The fourth-order valence-corrected chi connectivity index (χ4v) is 3.83. The summed E-state index contributed by atoms with van der Waals surface area (Å²) in [5, 5.41) is 12.1. The lowest BCUT2D eigenvalue weighted by Crippen LogP contribution is -2.56. The van der Waals surface area contributed by atoms with Crippen LogP contribution in [0.1, 0.15) is 41.6 Å². The number of amides is 1. The van der Waals surface area contributed by atoms with Gasteiger partial charge in [0.2, 0.25) is 0 Å². The molecule has 2 fully saturated rings. The van der Waals surface area contributed by atoms with Gasteiger partial charge in [0.05, 0.1) is 28.1 Å². The molecule has 1 saturated heterocycles. The summed E-state index contributed by atoms with van der Waals surface area (Å²) in [7, 11) is 0. The number of hydrogen-bond donors (Lipinski definition) is 1. The Kier molecular flexibility index (Phi) is 5.44. The van der Waals surface area contributed by atoms with Crippen LogP contribution in [0.25, 0.3) is 0 Å². The smallest absolute Gasteiger partial charge is 0.349 e. The van der Waals surface area contributed by atoms with E-state index >= 15 is 0 Å². The van der Waals surface area contributed by atoms with Crippen molar-refractivity contribution in [1.82, 2.24) is 10.2 Å². The monoisotopic (exact) mass is 385 g/mol. The quantitative estimate of drug-likeness (QED) is 0.862. The summed E-state index contributed by atoms with van der Waals surface area (Å²) in [6.07, 6.45) is -2.36. The van der Waals surface area contributed by atoms with E-state index in [9.17, 15) is 18.0 Å². The second-order valence-electron chi connectivity index (χ2n) is 6.95. The standard InChI is InChI=1S/C18H19ClF3N3O/c19-16-2-1-11(10-23)7-15(16)17(26)24-13-8-14(9-13)25-5-3-12(4-6-25)18(20,21)22/h1-2,7,12-14H,3-6,8-9H2,(H,24,26). The first kappa shape index (κ1) is 19.0. The van der Waals surface area contributed by atoms with Crippen molar-refractivity contribution < 1.29 is 18.0 Å². The van der Waals surface area contributed by atoms with E-state index in [4.69, 9.17) is 16.9 Å². The second-order valence-corrected chi connectivity index (χ2v) is 7.36. The maximum atomic E-state index is 12.7. The van der Waals surface area contributed by atoms with Crippen molar-refractivity contribution in [2.45, 2.75) is 43.9 Å². The summed E-state index contributed by atoms with van der Waals surface area (Å²) < 4.78 is 38.2. The van der Waals surface area contributed by atoms with Crippen LogP contribution in [0.5, 0.6) is 0 Å².